The van der Waals surface area contributed by atoms with E-state index in [0.717, 1.165) is 28.0 Å². The number of ketones is 1. The van der Waals surface area contributed by atoms with E-state index in [2.05, 4.69) is 5.16 Å². The lowest BCUT2D eigenvalue weighted by atomic mass is 9.88. The maximum Gasteiger partial charge on any atom is 0.165 e. The summed E-state index contributed by atoms with van der Waals surface area (Å²) in [6, 6.07) is 11.1. The number of halogens is 2. The van der Waals surface area contributed by atoms with E-state index in [1.807, 2.05) is 44.2 Å². The van der Waals surface area contributed by atoms with Gasteiger partial charge in [0.25, 0.3) is 0 Å². The molecule has 2 aromatic carbocycles. The number of hydrogen-bond donors (Lipinski definition) is 0. The Kier molecular flexibility index (Phi) is 4.41. The van der Waals surface area contributed by atoms with Crippen LogP contribution >= 0.6 is 23.2 Å². The van der Waals surface area contributed by atoms with Crippen molar-refractivity contribution in [1.82, 2.24) is 0 Å². The standard InChI is InChI=1S/C19H17Cl2NO2/c1-11-6-13(4-5-17(11)12(2)23)18-10-19(3,24-22-18)14-7-15(20)9-16(21)8-14/h4-9H,10H2,1-3H3. The van der Waals surface area contributed by atoms with Crippen LogP contribution in [0.2, 0.25) is 10.0 Å². The largest absolute Gasteiger partial charge is 0.384 e. The molecule has 1 aliphatic heterocycles. The van der Waals surface area contributed by atoms with Gasteiger partial charge >= 0.3 is 0 Å². The highest BCUT2D eigenvalue weighted by Crippen LogP contribution is 2.38. The molecule has 1 heterocycles. The lowest BCUT2D eigenvalue weighted by Gasteiger charge is -2.22. The van der Waals surface area contributed by atoms with Crippen LogP contribution in [0.3, 0.4) is 0 Å². The minimum Gasteiger partial charge on any atom is -0.384 e. The van der Waals surface area contributed by atoms with Crippen molar-refractivity contribution in [3.8, 4) is 0 Å². The first-order valence-corrected chi connectivity index (χ1v) is 8.38. The minimum atomic E-state index is -0.614. The Bertz CT molecular complexity index is 840. The molecule has 0 fully saturated rings. The fraction of sp³-hybridized carbons (Fsp3) is 0.263. The quantitative estimate of drug-likeness (QED) is 0.672. The molecule has 5 heteroatoms. The van der Waals surface area contributed by atoms with Crippen molar-refractivity contribution in [2.45, 2.75) is 32.8 Å². The number of hydrogen-bond acceptors (Lipinski definition) is 3. The van der Waals surface area contributed by atoms with Crippen LogP contribution in [-0.4, -0.2) is 11.5 Å². The highest BCUT2D eigenvalue weighted by atomic mass is 35.5. The smallest absolute Gasteiger partial charge is 0.165 e. The lowest BCUT2D eigenvalue weighted by molar-refractivity contribution is -0.00737. The van der Waals surface area contributed by atoms with Crippen molar-refractivity contribution in [3.63, 3.8) is 0 Å². The zero-order valence-electron chi connectivity index (χ0n) is 13.7. The van der Waals surface area contributed by atoms with E-state index in [0.29, 0.717) is 16.5 Å². The Morgan fingerprint density at radius 1 is 1.17 bits per heavy atom. The molecule has 2 aromatic rings. The molecule has 24 heavy (non-hydrogen) atoms. The van der Waals surface area contributed by atoms with Crippen molar-refractivity contribution in [2.75, 3.05) is 0 Å². The third-order valence-electron chi connectivity index (χ3n) is 4.27. The Balaban J connectivity index is 1.89. The minimum absolute atomic E-state index is 0.0575. The van der Waals surface area contributed by atoms with Gasteiger partial charge in [-0.3, -0.25) is 4.79 Å². The lowest BCUT2D eigenvalue weighted by Crippen LogP contribution is -2.22. The molecule has 3 rings (SSSR count). The molecule has 0 saturated heterocycles. The number of rotatable bonds is 3. The van der Waals surface area contributed by atoms with Crippen molar-refractivity contribution in [3.05, 3.63) is 68.7 Å². The molecule has 0 aromatic heterocycles. The molecule has 0 N–H and O–H groups in total. The fourth-order valence-corrected chi connectivity index (χ4v) is 3.47. The van der Waals surface area contributed by atoms with E-state index in [4.69, 9.17) is 28.0 Å². The van der Waals surface area contributed by atoms with Crippen LogP contribution in [0.15, 0.2) is 41.6 Å². The van der Waals surface area contributed by atoms with Crippen LogP contribution in [-0.2, 0) is 10.4 Å². The van der Waals surface area contributed by atoms with Gasteiger partial charge in [0.15, 0.2) is 11.4 Å². The SMILES string of the molecule is CC(=O)c1ccc(C2=NOC(C)(c3cc(Cl)cc(Cl)c3)C2)cc1C. The second-order valence-electron chi connectivity index (χ2n) is 6.28. The van der Waals surface area contributed by atoms with Crippen molar-refractivity contribution < 1.29 is 9.63 Å². The van der Waals surface area contributed by atoms with E-state index in [1.165, 1.54) is 0 Å². The predicted molar refractivity (Wildman–Crippen MR) is 97.2 cm³/mol. The summed E-state index contributed by atoms with van der Waals surface area (Å²) >= 11 is 12.2. The molecule has 0 saturated carbocycles. The first kappa shape index (κ1) is 17.0. The number of carbonyl (C=O) groups is 1. The fourth-order valence-electron chi connectivity index (χ4n) is 2.95. The normalized spacial score (nSPS) is 19.8. The van der Waals surface area contributed by atoms with Crippen molar-refractivity contribution in [1.29, 1.82) is 0 Å². The first-order valence-electron chi connectivity index (χ1n) is 7.62. The Hall–Kier alpha value is -1.84. The van der Waals surface area contributed by atoms with Gasteiger partial charge < -0.3 is 4.84 Å². The molecule has 0 bridgehead atoms. The zero-order chi connectivity index (χ0) is 17.5. The van der Waals surface area contributed by atoms with Crippen LogP contribution in [0.5, 0.6) is 0 Å². The van der Waals surface area contributed by atoms with Gasteiger partial charge in [0.2, 0.25) is 0 Å². The van der Waals surface area contributed by atoms with E-state index in [-0.39, 0.29) is 5.78 Å². The topological polar surface area (TPSA) is 38.7 Å². The molecule has 0 aliphatic carbocycles. The summed E-state index contributed by atoms with van der Waals surface area (Å²) < 4.78 is 0. The average Bonchev–Trinajstić information content (AvgIpc) is 2.90. The highest BCUT2D eigenvalue weighted by molar-refractivity contribution is 6.34. The Morgan fingerprint density at radius 3 is 2.42 bits per heavy atom. The van der Waals surface area contributed by atoms with Gasteiger partial charge in [-0.05, 0) is 56.2 Å². The van der Waals surface area contributed by atoms with Crippen LogP contribution in [0, 0.1) is 6.92 Å². The molecule has 0 spiro atoms. The van der Waals surface area contributed by atoms with Gasteiger partial charge in [-0.1, -0.05) is 40.5 Å². The summed E-state index contributed by atoms with van der Waals surface area (Å²) in [5.74, 6) is 0.0575. The van der Waals surface area contributed by atoms with E-state index >= 15 is 0 Å². The number of benzene rings is 2. The average molecular weight is 362 g/mol. The number of aryl methyl sites for hydroxylation is 1. The molecular weight excluding hydrogens is 345 g/mol. The first-order chi connectivity index (χ1) is 11.3. The summed E-state index contributed by atoms with van der Waals surface area (Å²) in [4.78, 5) is 17.3. The molecular formula is C19H17Cl2NO2. The number of oxime groups is 1. The third kappa shape index (κ3) is 3.19. The highest BCUT2D eigenvalue weighted by Gasteiger charge is 2.37. The second kappa shape index (κ2) is 6.23. The molecule has 0 amide bonds. The molecule has 0 radical (unpaired) electrons. The molecule has 3 nitrogen and oxygen atoms in total. The number of Topliss-reactive ketones (excluding diaryl/α,β-unsaturated/α-hetero) is 1. The van der Waals surface area contributed by atoms with Crippen LogP contribution in [0.1, 0.15) is 47.3 Å². The maximum atomic E-state index is 11.6. The van der Waals surface area contributed by atoms with Gasteiger partial charge in [-0.25, -0.2) is 0 Å². The van der Waals surface area contributed by atoms with Gasteiger partial charge in [0.05, 0.1) is 5.71 Å². The molecule has 1 atom stereocenters. The number of nitrogens with zero attached hydrogens (tertiary/aromatic N) is 1. The van der Waals surface area contributed by atoms with E-state index in [1.54, 1.807) is 13.0 Å². The van der Waals surface area contributed by atoms with Gasteiger partial charge in [-0.2, -0.15) is 0 Å². The third-order valence-corrected chi connectivity index (χ3v) is 4.71. The van der Waals surface area contributed by atoms with Gasteiger partial charge in [0.1, 0.15) is 0 Å². The van der Waals surface area contributed by atoms with E-state index in [9.17, 15) is 4.79 Å². The van der Waals surface area contributed by atoms with Gasteiger partial charge in [0, 0.05) is 27.6 Å². The Morgan fingerprint density at radius 2 is 1.83 bits per heavy atom. The molecule has 124 valence electrons. The predicted octanol–water partition coefficient (Wildman–Crippen LogP) is 5.54. The summed E-state index contributed by atoms with van der Waals surface area (Å²) in [5, 5.41) is 5.39. The van der Waals surface area contributed by atoms with Crippen molar-refractivity contribution in [2.24, 2.45) is 5.16 Å². The van der Waals surface area contributed by atoms with Crippen LogP contribution in [0.4, 0.5) is 0 Å². The van der Waals surface area contributed by atoms with E-state index < -0.39 is 5.60 Å². The zero-order valence-corrected chi connectivity index (χ0v) is 15.2. The monoisotopic (exact) mass is 361 g/mol. The summed E-state index contributed by atoms with van der Waals surface area (Å²) in [5.41, 5.74) is 3.72. The number of carbonyl (C=O) groups excluding carboxylic acids is 1. The summed E-state index contributed by atoms with van der Waals surface area (Å²) in [6.45, 7) is 5.45. The van der Waals surface area contributed by atoms with Crippen LogP contribution < -0.4 is 0 Å². The van der Waals surface area contributed by atoms with Crippen molar-refractivity contribution >= 4 is 34.7 Å². The van der Waals surface area contributed by atoms with Gasteiger partial charge in [-0.15, -0.1) is 0 Å². The molecule has 1 unspecified atom stereocenters. The van der Waals surface area contributed by atoms with Crippen LogP contribution in [0.25, 0.3) is 0 Å². The Labute approximate surface area is 151 Å². The summed E-state index contributed by atoms with van der Waals surface area (Å²) in [6.07, 6.45) is 0.600. The molecule has 1 aliphatic rings. The maximum absolute atomic E-state index is 11.6. The second-order valence-corrected chi connectivity index (χ2v) is 7.15. The summed E-state index contributed by atoms with van der Waals surface area (Å²) in [7, 11) is 0.